The molecule has 2 nitrogen and oxygen atoms in total. The van der Waals surface area contributed by atoms with Crippen LogP contribution in [0.4, 0.5) is 8.78 Å². The Kier molecular flexibility index (Phi) is 4.68. The van der Waals surface area contributed by atoms with E-state index in [1.165, 1.54) is 32.4 Å². The maximum atomic E-state index is 14.2. The molecule has 112 valence electrons. The monoisotopic (exact) mass is 312 g/mol. The van der Waals surface area contributed by atoms with E-state index in [-0.39, 0.29) is 17.1 Å². The van der Waals surface area contributed by atoms with Gasteiger partial charge in [0.2, 0.25) is 0 Å². The summed E-state index contributed by atoms with van der Waals surface area (Å²) < 4.78 is 37.9. The van der Waals surface area contributed by atoms with E-state index in [1.807, 2.05) is 0 Å². The first kappa shape index (κ1) is 15.6. The molecule has 0 amide bonds. The molecule has 0 bridgehead atoms. The van der Waals surface area contributed by atoms with Crippen LogP contribution >= 0.6 is 11.6 Å². The van der Waals surface area contributed by atoms with Gasteiger partial charge in [-0.15, -0.1) is 11.6 Å². The van der Waals surface area contributed by atoms with Gasteiger partial charge in [-0.3, -0.25) is 0 Å². The molecule has 0 N–H and O–H groups in total. The molecule has 2 aromatic rings. The molecule has 21 heavy (non-hydrogen) atoms. The van der Waals surface area contributed by atoms with Crippen LogP contribution in [0.5, 0.6) is 11.5 Å². The summed E-state index contributed by atoms with van der Waals surface area (Å²) in [5, 5.41) is -0.820. The minimum atomic E-state index is -0.820. The van der Waals surface area contributed by atoms with Gasteiger partial charge in [-0.2, -0.15) is 0 Å². The summed E-state index contributed by atoms with van der Waals surface area (Å²) in [5.41, 5.74) is 1.19. The normalized spacial score (nSPS) is 12.1. The number of alkyl halides is 1. The second-order valence-corrected chi connectivity index (χ2v) is 5.04. The summed E-state index contributed by atoms with van der Waals surface area (Å²) in [4.78, 5) is 0. The first-order valence-electron chi connectivity index (χ1n) is 6.29. The summed E-state index contributed by atoms with van der Waals surface area (Å²) in [6.45, 7) is 1.65. The summed E-state index contributed by atoms with van der Waals surface area (Å²) in [6, 6.07) is 7.26. The Morgan fingerprint density at radius 1 is 0.952 bits per heavy atom. The highest BCUT2D eigenvalue weighted by Gasteiger charge is 2.20. The lowest BCUT2D eigenvalue weighted by Crippen LogP contribution is -2.01. The molecule has 1 unspecified atom stereocenters. The summed E-state index contributed by atoms with van der Waals surface area (Å²) in [5.74, 6) is -0.266. The van der Waals surface area contributed by atoms with Crippen molar-refractivity contribution in [3.05, 3.63) is 58.7 Å². The van der Waals surface area contributed by atoms with E-state index in [9.17, 15) is 8.78 Å². The number of benzene rings is 2. The fourth-order valence-electron chi connectivity index (χ4n) is 2.01. The summed E-state index contributed by atoms with van der Waals surface area (Å²) in [6.07, 6.45) is 0. The highest BCUT2D eigenvalue weighted by molar-refractivity contribution is 6.22. The molecule has 0 fully saturated rings. The number of ether oxygens (including phenoxy) is 2. The van der Waals surface area contributed by atoms with Crippen LogP contribution < -0.4 is 9.47 Å². The van der Waals surface area contributed by atoms with E-state index >= 15 is 0 Å². The molecular weight excluding hydrogens is 298 g/mol. The van der Waals surface area contributed by atoms with Crippen LogP contribution in [-0.4, -0.2) is 14.2 Å². The SMILES string of the molecule is COc1cc(F)c(C(Cl)c2ccc(C)c(F)c2)cc1OC. The quantitative estimate of drug-likeness (QED) is 0.767. The Hall–Kier alpha value is -1.81. The zero-order chi connectivity index (χ0) is 15.6. The topological polar surface area (TPSA) is 18.5 Å². The van der Waals surface area contributed by atoms with E-state index < -0.39 is 11.2 Å². The first-order valence-corrected chi connectivity index (χ1v) is 6.73. The molecule has 1 atom stereocenters. The van der Waals surface area contributed by atoms with Crippen LogP contribution in [0.2, 0.25) is 0 Å². The van der Waals surface area contributed by atoms with Crippen LogP contribution in [0.3, 0.4) is 0 Å². The molecule has 5 heteroatoms. The highest BCUT2D eigenvalue weighted by atomic mass is 35.5. The third-order valence-corrected chi connectivity index (χ3v) is 3.75. The third kappa shape index (κ3) is 3.10. The fraction of sp³-hybridized carbons (Fsp3) is 0.250. The largest absolute Gasteiger partial charge is 0.493 e. The molecule has 0 aliphatic carbocycles. The van der Waals surface area contributed by atoms with Crippen LogP contribution in [0.15, 0.2) is 30.3 Å². The van der Waals surface area contributed by atoms with Crippen LogP contribution in [-0.2, 0) is 0 Å². The predicted molar refractivity (Wildman–Crippen MR) is 78.3 cm³/mol. The summed E-state index contributed by atoms with van der Waals surface area (Å²) >= 11 is 6.28. The fourth-order valence-corrected chi connectivity index (χ4v) is 2.31. The van der Waals surface area contributed by atoms with Crippen molar-refractivity contribution in [2.75, 3.05) is 14.2 Å². The zero-order valence-corrected chi connectivity index (χ0v) is 12.7. The second-order valence-electron chi connectivity index (χ2n) is 4.60. The molecule has 0 spiro atoms. The van der Waals surface area contributed by atoms with Gasteiger partial charge >= 0.3 is 0 Å². The van der Waals surface area contributed by atoms with Gasteiger partial charge in [0.05, 0.1) is 19.6 Å². The van der Waals surface area contributed by atoms with Gasteiger partial charge in [0.1, 0.15) is 11.6 Å². The number of methoxy groups -OCH3 is 2. The zero-order valence-electron chi connectivity index (χ0n) is 11.9. The van der Waals surface area contributed by atoms with Crippen LogP contribution in [0.25, 0.3) is 0 Å². The molecule has 0 saturated heterocycles. The molecule has 0 aromatic heterocycles. The van der Waals surface area contributed by atoms with Gasteiger partial charge in [0.15, 0.2) is 11.5 Å². The Morgan fingerprint density at radius 3 is 2.14 bits per heavy atom. The second kappa shape index (κ2) is 6.31. The van der Waals surface area contributed by atoms with Crippen molar-refractivity contribution >= 4 is 11.6 Å². The van der Waals surface area contributed by atoms with Gasteiger partial charge in [-0.05, 0) is 30.2 Å². The van der Waals surface area contributed by atoms with E-state index in [4.69, 9.17) is 21.1 Å². The lowest BCUT2D eigenvalue weighted by atomic mass is 10.0. The minimum Gasteiger partial charge on any atom is -0.493 e. The van der Waals surface area contributed by atoms with Gasteiger partial charge in [0.25, 0.3) is 0 Å². The van der Waals surface area contributed by atoms with Gasteiger partial charge in [-0.1, -0.05) is 12.1 Å². The average Bonchev–Trinajstić information content (AvgIpc) is 2.49. The number of aryl methyl sites for hydroxylation is 1. The molecule has 0 aliphatic rings. The number of halogens is 3. The summed E-state index contributed by atoms with van der Waals surface area (Å²) in [7, 11) is 2.87. The van der Waals surface area contributed by atoms with Gasteiger partial charge in [-0.25, -0.2) is 8.78 Å². The third-order valence-electron chi connectivity index (χ3n) is 3.26. The molecule has 2 rings (SSSR count). The molecule has 0 heterocycles. The van der Waals surface area contributed by atoms with Crippen LogP contribution in [0.1, 0.15) is 22.1 Å². The van der Waals surface area contributed by atoms with Crippen molar-refractivity contribution in [1.82, 2.24) is 0 Å². The van der Waals surface area contributed by atoms with Crippen molar-refractivity contribution < 1.29 is 18.3 Å². The van der Waals surface area contributed by atoms with Crippen molar-refractivity contribution in [3.8, 4) is 11.5 Å². The predicted octanol–water partition coefficient (Wildman–Crippen LogP) is 4.62. The molecule has 0 aliphatic heterocycles. The molecule has 0 saturated carbocycles. The lowest BCUT2D eigenvalue weighted by Gasteiger charge is -2.15. The number of hydrogen-bond donors (Lipinski definition) is 0. The van der Waals surface area contributed by atoms with E-state index in [0.717, 1.165) is 0 Å². The Bertz CT molecular complexity index is 659. The number of hydrogen-bond acceptors (Lipinski definition) is 2. The van der Waals surface area contributed by atoms with Gasteiger partial charge < -0.3 is 9.47 Å². The average molecular weight is 313 g/mol. The molecule has 2 aromatic carbocycles. The van der Waals surface area contributed by atoms with Crippen molar-refractivity contribution in [1.29, 1.82) is 0 Å². The van der Waals surface area contributed by atoms with Crippen molar-refractivity contribution in [2.45, 2.75) is 12.3 Å². The molecule has 0 radical (unpaired) electrons. The van der Waals surface area contributed by atoms with E-state index in [1.54, 1.807) is 19.1 Å². The van der Waals surface area contributed by atoms with Crippen molar-refractivity contribution in [2.24, 2.45) is 0 Å². The smallest absolute Gasteiger partial charge is 0.163 e. The Labute approximate surface area is 127 Å². The Morgan fingerprint density at radius 2 is 1.57 bits per heavy atom. The minimum absolute atomic E-state index is 0.206. The maximum absolute atomic E-state index is 14.2. The molecular formula is C16H15ClF2O2. The highest BCUT2D eigenvalue weighted by Crippen LogP contribution is 2.37. The lowest BCUT2D eigenvalue weighted by molar-refractivity contribution is 0.351. The van der Waals surface area contributed by atoms with Gasteiger partial charge in [0, 0.05) is 11.6 Å². The first-order chi connectivity index (χ1) is 9.97. The van der Waals surface area contributed by atoms with E-state index in [2.05, 4.69) is 0 Å². The Balaban J connectivity index is 2.47. The number of rotatable bonds is 4. The van der Waals surface area contributed by atoms with E-state index in [0.29, 0.717) is 16.9 Å². The standard InChI is InChI=1S/C16H15ClF2O2/c1-9-4-5-10(6-12(9)18)16(17)11-7-14(20-2)15(21-3)8-13(11)19/h4-8,16H,1-3H3. The maximum Gasteiger partial charge on any atom is 0.163 e. The van der Waals surface area contributed by atoms with Crippen LogP contribution in [0, 0.1) is 18.6 Å². The van der Waals surface area contributed by atoms with Crippen molar-refractivity contribution in [3.63, 3.8) is 0 Å².